The summed E-state index contributed by atoms with van der Waals surface area (Å²) in [6.07, 6.45) is 3.09. The Morgan fingerprint density at radius 1 is 1.33 bits per heavy atom. The number of rotatable bonds is 8. The molecule has 0 unspecified atom stereocenters. The second-order valence-electron chi connectivity index (χ2n) is 3.84. The van der Waals surface area contributed by atoms with E-state index in [1.165, 1.54) is 0 Å². The van der Waals surface area contributed by atoms with Crippen molar-refractivity contribution in [2.45, 2.75) is 19.8 Å². The molecule has 7 nitrogen and oxygen atoms in total. The Labute approximate surface area is 107 Å². The van der Waals surface area contributed by atoms with Gasteiger partial charge in [-0.3, -0.25) is 0 Å². The lowest BCUT2D eigenvalue weighted by Crippen LogP contribution is -2.19. The fraction of sp³-hybridized carbons (Fsp3) is 0.600. The molecule has 0 amide bonds. The van der Waals surface area contributed by atoms with Crippen LogP contribution in [0.25, 0.3) is 0 Å². The predicted molar refractivity (Wildman–Crippen MR) is 71.9 cm³/mol. The van der Waals surface area contributed by atoms with E-state index in [1.54, 1.807) is 12.3 Å². The summed E-state index contributed by atoms with van der Waals surface area (Å²) in [7, 11) is -3.38. The van der Waals surface area contributed by atoms with E-state index >= 15 is 0 Å². The maximum absolute atomic E-state index is 10.7. The number of nitrogens with two attached hydrogens (primary N) is 1. The van der Waals surface area contributed by atoms with Crippen molar-refractivity contribution in [2.24, 2.45) is 5.14 Å². The van der Waals surface area contributed by atoms with Crippen LogP contribution < -0.4 is 15.8 Å². The Hall–Kier alpha value is -1.41. The Kier molecular flexibility index (Phi) is 5.79. The number of primary sulfonamides is 1. The first-order chi connectivity index (χ1) is 8.51. The van der Waals surface area contributed by atoms with Crippen LogP contribution in [0.1, 0.15) is 19.8 Å². The molecule has 0 radical (unpaired) electrons. The van der Waals surface area contributed by atoms with Gasteiger partial charge in [-0.1, -0.05) is 6.92 Å². The van der Waals surface area contributed by atoms with Gasteiger partial charge in [-0.2, -0.15) is 4.98 Å². The molecule has 1 aromatic heterocycles. The minimum absolute atomic E-state index is 0.0357. The molecule has 1 aromatic rings. The maximum atomic E-state index is 10.7. The lowest BCUT2D eigenvalue weighted by atomic mass is 10.4. The number of aromatic nitrogens is 2. The lowest BCUT2D eigenvalue weighted by molar-refractivity contribution is 0.595. The normalized spacial score (nSPS) is 11.2. The van der Waals surface area contributed by atoms with Gasteiger partial charge in [-0.05, 0) is 18.9 Å². The molecule has 0 atom stereocenters. The van der Waals surface area contributed by atoms with Crippen LogP contribution in [0, 0.1) is 0 Å². The molecule has 0 aliphatic heterocycles. The third-order valence-electron chi connectivity index (χ3n) is 2.10. The Bertz CT molecular complexity index is 463. The molecule has 8 heteroatoms. The van der Waals surface area contributed by atoms with E-state index in [4.69, 9.17) is 5.14 Å². The summed E-state index contributed by atoms with van der Waals surface area (Å²) in [5.41, 5.74) is 0. The molecule has 1 heterocycles. The van der Waals surface area contributed by atoms with E-state index in [2.05, 4.69) is 27.5 Å². The molecule has 0 saturated carbocycles. The quantitative estimate of drug-likeness (QED) is 0.591. The minimum atomic E-state index is -3.38. The van der Waals surface area contributed by atoms with Crippen LogP contribution in [0.3, 0.4) is 0 Å². The van der Waals surface area contributed by atoms with Crippen LogP contribution in [-0.4, -0.2) is 37.2 Å². The zero-order chi connectivity index (χ0) is 13.4. The predicted octanol–water partition coefficient (Wildman–Crippen LogP) is 0.389. The summed E-state index contributed by atoms with van der Waals surface area (Å²) in [6.45, 7) is 3.37. The van der Waals surface area contributed by atoms with Crippen LogP contribution in [0.15, 0.2) is 12.3 Å². The highest BCUT2D eigenvalue weighted by molar-refractivity contribution is 7.89. The summed E-state index contributed by atoms with van der Waals surface area (Å²) >= 11 is 0. The molecule has 0 aromatic carbocycles. The van der Waals surface area contributed by atoms with E-state index in [0.29, 0.717) is 24.7 Å². The molecule has 4 N–H and O–H groups in total. The summed E-state index contributed by atoms with van der Waals surface area (Å²) in [6, 6.07) is 1.73. The van der Waals surface area contributed by atoms with Gasteiger partial charge in [0.1, 0.15) is 5.82 Å². The standard InChI is InChI=1S/C10H19N5O2S/c1-2-5-13-10-14-7-4-9(15-10)12-6-3-8-18(11,16)17/h4,7H,2-3,5-6,8H2,1H3,(H2,11,16,17)(H2,12,13,14,15). The van der Waals surface area contributed by atoms with Gasteiger partial charge in [0.15, 0.2) is 0 Å². The molecule has 0 bridgehead atoms. The van der Waals surface area contributed by atoms with Gasteiger partial charge in [0, 0.05) is 19.3 Å². The average Bonchev–Trinajstić information content (AvgIpc) is 2.31. The second kappa shape index (κ2) is 7.12. The van der Waals surface area contributed by atoms with Crippen molar-refractivity contribution in [3.63, 3.8) is 0 Å². The molecule has 1 rings (SSSR count). The Morgan fingerprint density at radius 3 is 2.78 bits per heavy atom. The zero-order valence-electron chi connectivity index (χ0n) is 10.4. The van der Waals surface area contributed by atoms with Gasteiger partial charge < -0.3 is 10.6 Å². The molecule has 0 fully saturated rings. The van der Waals surface area contributed by atoms with Gasteiger partial charge in [0.2, 0.25) is 16.0 Å². The zero-order valence-corrected chi connectivity index (χ0v) is 11.2. The van der Waals surface area contributed by atoms with Crippen LogP contribution in [-0.2, 0) is 10.0 Å². The largest absolute Gasteiger partial charge is 0.370 e. The van der Waals surface area contributed by atoms with E-state index in [-0.39, 0.29) is 5.75 Å². The molecular formula is C10H19N5O2S. The third-order valence-corrected chi connectivity index (χ3v) is 2.96. The number of nitrogens with zero attached hydrogens (tertiary/aromatic N) is 2. The molecule has 0 aliphatic carbocycles. The summed E-state index contributed by atoms with van der Waals surface area (Å²) < 4.78 is 21.5. The van der Waals surface area contributed by atoms with Gasteiger partial charge in [-0.25, -0.2) is 18.5 Å². The van der Waals surface area contributed by atoms with Crippen molar-refractivity contribution >= 4 is 21.8 Å². The van der Waals surface area contributed by atoms with E-state index in [1.807, 2.05) is 0 Å². The highest BCUT2D eigenvalue weighted by Crippen LogP contribution is 2.05. The van der Waals surface area contributed by atoms with Crippen molar-refractivity contribution in [1.82, 2.24) is 9.97 Å². The number of nitrogens with one attached hydrogen (secondary N) is 2. The number of sulfonamides is 1. The number of hydrogen-bond donors (Lipinski definition) is 3. The fourth-order valence-electron chi connectivity index (χ4n) is 1.27. The van der Waals surface area contributed by atoms with Crippen LogP contribution in [0.4, 0.5) is 11.8 Å². The number of hydrogen-bond acceptors (Lipinski definition) is 6. The first-order valence-corrected chi connectivity index (χ1v) is 7.54. The van der Waals surface area contributed by atoms with E-state index < -0.39 is 10.0 Å². The maximum Gasteiger partial charge on any atom is 0.224 e. The average molecular weight is 273 g/mol. The Morgan fingerprint density at radius 2 is 2.11 bits per heavy atom. The van der Waals surface area contributed by atoms with E-state index in [0.717, 1.165) is 13.0 Å². The first kappa shape index (κ1) is 14.7. The molecule has 0 saturated heterocycles. The Balaban J connectivity index is 2.38. The highest BCUT2D eigenvalue weighted by Gasteiger charge is 2.02. The van der Waals surface area contributed by atoms with Gasteiger partial charge in [0.25, 0.3) is 0 Å². The smallest absolute Gasteiger partial charge is 0.224 e. The minimum Gasteiger partial charge on any atom is -0.370 e. The topological polar surface area (TPSA) is 110 Å². The van der Waals surface area contributed by atoms with Crippen LogP contribution in [0.2, 0.25) is 0 Å². The van der Waals surface area contributed by atoms with Gasteiger partial charge in [0.05, 0.1) is 5.75 Å². The lowest BCUT2D eigenvalue weighted by Gasteiger charge is -2.07. The summed E-state index contributed by atoms with van der Waals surface area (Å²) in [5, 5.41) is 11.0. The highest BCUT2D eigenvalue weighted by atomic mass is 32.2. The van der Waals surface area contributed by atoms with Gasteiger partial charge in [-0.15, -0.1) is 0 Å². The van der Waals surface area contributed by atoms with Crippen molar-refractivity contribution in [1.29, 1.82) is 0 Å². The monoisotopic (exact) mass is 273 g/mol. The summed E-state index contributed by atoms with van der Waals surface area (Å²) in [4.78, 5) is 8.30. The van der Waals surface area contributed by atoms with Crippen molar-refractivity contribution < 1.29 is 8.42 Å². The first-order valence-electron chi connectivity index (χ1n) is 5.82. The van der Waals surface area contributed by atoms with Gasteiger partial charge >= 0.3 is 0 Å². The van der Waals surface area contributed by atoms with Crippen LogP contribution >= 0.6 is 0 Å². The van der Waals surface area contributed by atoms with Crippen molar-refractivity contribution in [3.05, 3.63) is 12.3 Å². The van der Waals surface area contributed by atoms with Crippen LogP contribution in [0.5, 0.6) is 0 Å². The van der Waals surface area contributed by atoms with E-state index in [9.17, 15) is 8.42 Å². The summed E-state index contributed by atoms with van der Waals surface area (Å²) in [5.74, 6) is 1.19. The molecule has 0 spiro atoms. The number of anilines is 2. The van der Waals surface area contributed by atoms with Crippen molar-refractivity contribution in [3.8, 4) is 0 Å². The molecule has 18 heavy (non-hydrogen) atoms. The second-order valence-corrected chi connectivity index (χ2v) is 5.57. The SMILES string of the molecule is CCCNc1nccc(NCCCS(N)(=O)=O)n1. The third kappa shape index (κ3) is 6.36. The van der Waals surface area contributed by atoms with Crippen molar-refractivity contribution in [2.75, 3.05) is 29.5 Å². The fourth-order valence-corrected chi connectivity index (χ4v) is 1.82. The molecular weight excluding hydrogens is 254 g/mol. The molecule has 0 aliphatic rings. The molecule has 102 valence electrons.